The van der Waals surface area contributed by atoms with Crippen molar-refractivity contribution >= 4 is 17.5 Å². The predicted octanol–water partition coefficient (Wildman–Crippen LogP) is 4.03. The lowest BCUT2D eigenvalue weighted by atomic mass is 10.1. The summed E-state index contributed by atoms with van der Waals surface area (Å²) >= 11 is 0. The molecule has 0 spiro atoms. The first kappa shape index (κ1) is 20.9. The fraction of sp³-hybridized carbons (Fsp3) is 0.167. The van der Waals surface area contributed by atoms with E-state index in [-0.39, 0.29) is 11.8 Å². The summed E-state index contributed by atoms with van der Waals surface area (Å²) in [5, 5.41) is 5.66. The second-order valence-electron chi connectivity index (χ2n) is 6.67. The first-order chi connectivity index (χ1) is 14.5. The molecule has 0 aliphatic heterocycles. The number of anilines is 1. The quantitative estimate of drug-likeness (QED) is 0.594. The van der Waals surface area contributed by atoms with E-state index in [1.54, 1.807) is 62.6 Å². The van der Waals surface area contributed by atoms with E-state index in [4.69, 9.17) is 9.47 Å². The minimum Gasteiger partial charge on any atom is -0.497 e. The summed E-state index contributed by atoms with van der Waals surface area (Å²) in [4.78, 5) is 24.7. The van der Waals surface area contributed by atoms with Crippen LogP contribution >= 0.6 is 0 Å². The molecule has 6 nitrogen and oxygen atoms in total. The first-order valence-electron chi connectivity index (χ1n) is 9.59. The van der Waals surface area contributed by atoms with Gasteiger partial charge in [0.25, 0.3) is 11.8 Å². The van der Waals surface area contributed by atoms with Crippen molar-refractivity contribution in [1.29, 1.82) is 0 Å². The van der Waals surface area contributed by atoms with Crippen LogP contribution in [0.2, 0.25) is 0 Å². The van der Waals surface area contributed by atoms with E-state index < -0.39 is 6.10 Å². The fourth-order valence-corrected chi connectivity index (χ4v) is 2.74. The summed E-state index contributed by atoms with van der Waals surface area (Å²) in [5.74, 6) is 0.830. The standard InChI is InChI=1S/C24H24N2O4/c1-17(30-22-14-12-21(29-2)13-15-22)23(27)26-20-10-8-19(9-11-20)24(28)25-16-18-6-4-3-5-7-18/h3-15,17H,16H2,1-2H3,(H,25,28)(H,26,27). The number of hydrogen-bond donors (Lipinski definition) is 2. The van der Waals surface area contributed by atoms with Gasteiger partial charge >= 0.3 is 0 Å². The predicted molar refractivity (Wildman–Crippen MR) is 116 cm³/mol. The highest BCUT2D eigenvalue weighted by atomic mass is 16.5. The molecule has 30 heavy (non-hydrogen) atoms. The van der Waals surface area contributed by atoms with Gasteiger partial charge in [-0.2, -0.15) is 0 Å². The number of rotatable bonds is 8. The second kappa shape index (κ2) is 10.1. The number of amides is 2. The molecule has 0 fully saturated rings. The molecule has 0 aliphatic carbocycles. The summed E-state index contributed by atoms with van der Waals surface area (Å²) in [6.45, 7) is 2.13. The fourth-order valence-electron chi connectivity index (χ4n) is 2.74. The Hall–Kier alpha value is -3.80. The number of hydrogen-bond acceptors (Lipinski definition) is 4. The van der Waals surface area contributed by atoms with Gasteiger partial charge in [-0.25, -0.2) is 0 Å². The molecule has 2 N–H and O–H groups in total. The molecule has 2 amide bonds. The van der Waals surface area contributed by atoms with E-state index in [1.165, 1.54) is 0 Å². The van der Waals surface area contributed by atoms with E-state index in [1.807, 2.05) is 30.3 Å². The van der Waals surface area contributed by atoms with Gasteiger partial charge in [-0.05, 0) is 61.0 Å². The highest BCUT2D eigenvalue weighted by Gasteiger charge is 2.15. The minimum atomic E-state index is -0.688. The lowest BCUT2D eigenvalue weighted by Gasteiger charge is -2.15. The van der Waals surface area contributed by atoms with Crippen molar-refractivity contribution in [2.75, 3.05) is 12.4 Å². The number of carbonyl (C=O) groups is 2. The topological polar surface area (TPSA) is 76.7 Å². The molecule has 1 atom stereocenters. The monoisotopic (exact) mass is 404 g/mol. The van der Waals surface area contributed by atoms with Crippen LogP contribution in [0.3, 0.4) is 0 Å². The van der Waals surface area contributed by atoms with Crippen LogP contribution in [-0.2, 0) is 11.3 Å². The van der Waals surface area contributed by atoms with Gasteiger partial charge < -0.3 is 20.1 Å². The van der Waals surface area contributed by atoms with Gasteiger partial charge in [0.1, 0.15) is 11.5 Å². The molecule has 3 aromatic rings. The number of ether oxygens (including phenoxy) is 2. The molecule has 154 valence electrons. The van der Waals surface area contributed by atoms with Gasteiger partial charge in [-0.1, -0.05) is 30.3 Å². The smallest absolute Gasteiger partial charge is 0.265 e. The van der Waals surface area contributed by atoms with Gasteiger partial charge in [0.05, 0.1) is 7.11 Å². The molecule has 0 heterocycles. The van der Waals surface area contributed by atoms with Gasteiger partial charge in [-0.3, -0.25) is 9.59 Å². The van der Waals surface area contributed by atoms with Crippen LogP contribution in [0, 0.1) is 0 Å². The lowest BCUT2D eigenvalue weighted by molar-refractivity contribution is -0.122. The molecule has 0 bridgehead atoms. The number of benzene rings is 3. The Labute approximate surface area is 175 Å². The third-order valence-electron chi connectivity index (χ3n) is 4.45. The Morgan fingerprint density at radius 1 is 0.867 bits per heavy atom. The summed E-state index contributed by atoms with van der Waals surface area (Å²) in [6.07, 6.45) is -0.688. The highest BCUT2D eigenvalue weighted by Crippen LogP contribution is 2.19. The van der Waals surface area contributed by atoms with Gasteiger partial charge in [0.2, 0.25) is 0 Å². The van der Waals surface area contributed by atoms with E-state index >= 15 is 0 Å². The normalized spacial score (nSPS) is 11.3. The van der Waals surface area contributed by atoms with Gasteiger partial charge in [-0.15, -0.1) is 0 Å². The van der Waals surface area contributed by atoms with Crippen LogP contribution in [0.25, 0.3) is 0 Å². The van der Waals surface area contributed by atoms with Crippen molar-refractivity contribution < 1.29 is 19.1 Å². The molecular formula is C24H24N2O4. The van der Waals surface area contributed by atoms with E-state index in [0.717, 1.165) is 5.56 Å². The van der Waals surface area contributed by atoms with E-state index in [0.29, 0.717) is 29.3 Å². The van der Waals surface area contributed by atoms with Crippen molar-refractivity contribution in [3.63, 3.8) is 0 Å². The molecule has 0 aromatic heterocycles. The molecule has 0 saturated carbocycles. The van der Waals surface area contributed by atoms with Crippen molar-refractivity contribution in [3.05, 3.63) is 90.0 Å². The van der Waals surface area contributed by atoms with Crippen molar-refractivity contribution in [1.82, 2.24) is 5.32 Å². The molecule has 0 radical (unpaired) electrons. The maximum atomic E-state index is 12.4. The van der Waals surface area contributed by atoms with Crippen LogP contribution < -0.4 is 20.1 Å². The zero-order valence-electron chi connectivity index (χ0n) is 16.9. The maximum Gasteiger partial charge on any atom is 0.265 e. The van der Waals surface area contributed by atoms with Crippen LogP contribution in [0.4, 0.5) is 5.69 Å². The third kappa shape index (κ3) is 5.85. The second-order valence-corrected chi connectivity index (χ2v) is 6.67. The summed E-state index contributed by atoms with van der Waals surface area (Å²) in [6, 6.07) is 23.4. The maximum absolute atomic E-state index is 12.4. The Kier molecular flexibility index (Phi) is 7.05. The lowest BCUT2D eigenvalue weighted by Crippen LogP contribution is -2.30. The van der Waals surface area contributed by atoms with Gasteiger partial charge in [0, 0.05) is 17.8 Å². The summed E-state index contributed by atoms with van der Waals surface area (Å²) < 4.78 is 10.8. The SMILES string of the molecule is COc1ccc(OC(C)C(=O)Nc2ccc(C(=O)NCc3ccccc3)cc2)cc1. The first-order valence-corrected chi connectivity index (χ1v) is 9.59. The average molecular weight is 404 g/mol. The van der Waals surface area contributed by atoms with E-state index in [2.05, 4.69) is 10.6 Å². The largest absolute Gasteiger partial charge is 0.497 e. The van der Waals surface area contributed by atoms with E-state index in [9.17, 15) is 9.59 Å². The molecule has 1 unspecified atom stereocenters. The summed E-state index contributed by atoms with van der Waals surface area (Å²) in [5.41, 5.74) is 2.14. The molecule has 3 rings (SSSR count). The minimum absolute atomic E-state index is 0.173. The Balaban J connectivity index is 1.51. The Morgan fingerprint density at radius 3 is 2.13 bits per heavy atom. The van der Waals surface area contributed by atoms with Crippen molar-refractivity contribution in [2.45, 2.75) is 19.6 Å². The average Bonchev–Trinajstić information content (AvgIpc) is 2.79. The van der Waals surface area contributed by atoms with Crippen molar-refractivity contribution in [3.8, 4) is 11.5 Å². The Morgan fingerprint density at radius 2 is 1.50 bits per heavy atom. The molecule has 3 aromatic carbocycles. The zero-order chi connectivity index (χ0) is 21.3. The van der Waals surface area contributed by atoms with Crippen LogP contribution in [0.5, 0.6) is 11.5 Å². The summed E-state index contributed by atoms with van der Waals surface area (Å²) in [7, 11) is 1.59. The van der Waals surface area contributed by atoms with Crippen LogP contribution in [0.15, 0.2) is 78.9 Å². The molecule has 6 heteroatoms. The van der Waals surface area contributed by atoms with Crippen LogP contribution in [-0.4, -0.2) is 25.0 Å². The highest BCUT2D eigenvalue weighted by molar-refractivity contribution is 5.96. The van der Waals surface area contributed by atoms with Crippen LogP contribution in [0.1, 0.15) is 22.8 Å². The zero-order valence-corrected chi connectivity index (χ0v) is 16.9. The molecule has 0 aliphatic rings. The number of carbonyl (C=O) groups excluding carboxylic acids is 2. The van der Waals surface area contributed by atoms with Gasteiger partial charge in [0.15, 0.2) is 6.10 Å². The Bertz CT molecular complexity index is 970. The number of methoxy groups -OCH3 is 1. The van der Waals surface area contributed by atoms with Crippen molar-refractivity contribution in [2.24, 2.45) is 0 Å². The molecular weight excluding hydrogens is 380 g/mol. The third-order valence-corrected chi connectivity index (χ3v) is 4.45. The number of nitrogens with one attached hydrogen (secondary N) is 2. The molecule has 0 saturated heterocycles.